The quantitative estimate of drug-likeness (QED) is 0.668. The molecule has 0 fully saturated rings. The third-order valence-electron chi connectivity index (χ3n) is 3.85. The summed E-state index contributed by atoms with van der Waals surface area (Å²) in [5.41, 5.74) is 2.35. The highest BCUT2D eigenvalue weighted by Gasteiger charge is 2.14. The second-order valence-electron chi connectivity index (χ2n) is 5.49. The lowest BCUT2D eigenvalue weighted by Crippen LogP contribution is -2.26. The Morgan fingerprint density at radius 1 is 1.12 bits per heavy atom. The number of nitrogens with zero attached hydrogens (tertiary/aromatic N) is 2. The number of aromatic nitrogens is 1. The number of carbonyl (C=O) groups excluding carboxylic acids is 1. The minimum Gasteiger partial charge on any atom is -0.481 e. The summed E-state index contributed by atoms with van der Waals surface area (Å²) in [6.45, 7) is 0.223. The van der Waals surface area contributed by atoms with E-state index in [2.05, 4.69) is 5.92 Å². The van der Waals surface area contributed by atoms with E-state index >= 15 is 0 Å². The normalized spacial score (nSPS) is 10.1. The molecule has 0 aliphatic heterocycles. The zero-order valence-electron chi connectivity index (χ0n) is 13.9. The molecule has 1 amide bonds. The Hall–Kier alpha value is -3.45. The molecule has 0 unspecified atom stereocenters. The molecule has 25 heavy (non-hydrogen) atoms. The van der Waals surface area contributed by atoms with Crippen molar-refractivity contribution in [1.29, 1.82) is 0 Å². The molecule has 1 heterocycles. The van der Waals surface area contributed by atoms with Crippen molar-refractivity contribution < 1.29 is 9.53 Å². The number of terminal acetylenes is 1. The van der Waals surface area contributed by atoms with Crippen LogP contribution >= 0.6 is 0 Å². The highest BCUT2D eigenvalue weighted by atomic mass is 16.5. The van der Waals surface area contributed by atoms with Gasteiger partial charge in [-0.05, 0) is 54.6 Å². The molecule has 0 saturated carbocycles. The molecule has 0 aliphatic rings. The third kappa shape index (κ3) is 3.73. The van der Waals surface area contributed by atoms with E-state index in [4.69, 9.17) is 11.2 Å². The number of hydrogen-bond donors (Lipinski definition) is 0. The molecule has 124 valence electrons. The largest absolute Gasteiger partial charge is 0.481 e. The maximum atomic E-state index is 12.8. The fourth-order valence-electron chi connectivity index (χ4n) is 2.51. The van der Waals surface area contributed by atoms with Crippen molar-refractivity contribution in [2.75, 3.05) is 18.6 Å². The van der Waals surface area contributed by atoms with E-state index in [0.717, 1.165) is 11.4 Å². The van der Waals surface area contributed by atoms with Crippen LogP contribution in [0.4, 0.5) is 5.69 Å². The smallest absolute Gasteiger partial charge is 0.258 e. The van der Waals surface area contributed by atoms with Gasteiger partial charge in [0.1, 0.15) is 12.4 Å². The summed E-state index contributed by atoms with van der Waals surface area (Å²) in [7, 11) is 1.75. The first-order chi connectivity index (χ1) is 12.2. The molecule has 0 spiro atoms. The topological polar surface area (TPSA) is 34.5 Å². The summed E-state index contributed by atoms with van der Waals surface area (Å²) in [5, 5.41) is 0. The van der Waals surface area contributed by atoms with Gasteiger partial charge >= 0.3 is 0 Å². The molecule has 0 saturated heterocycles. The molecule has 0 atom stereocenters. The molecular weight excluding hydrogens is 312 g/mol. The first-order valence-electron chi connectivity index (χ1n) is 7.87. The van der Waals surface area contributed by atoms with Crippen molar-refractivity contribution in [1.82, 2.24) is 4.57 Å². The number of hydrogen-bond acceptors (Lipinski definition) is 2. The van der Waals surface area contributed by atoms with E-state index in [9.17, 15) is 4.79 Å². The van der Waals surface area contributed by atoms with Crippen molar-refractivity contribution in [2.45, 2.75) is 0 Å². The van der Waals surface area contributed by atoms with Gasteiger partial charge in [0.05, 0.1) is 0 Å². The molecule has 0 bridgehead atoms. The van der Waals surface area contributed by atoms with Crippen LogP contribution in [0.15, 0.2) is 73.1 Å². The summed E-state index contributed by atoms with van der Waals surface area (Å²) < 4.78 is 7.32. The van der Waals surface area contributed by atoms with Crippen LogP contribution in [0, 0.1) is 12.3 Å². The molecule has 2 aromatic carbocycles. The SMILES string of the molecule is C#CCOc1ccc(N(C)C(=O)c2cccc(-n3cccc3)c2)cc1. The number of rotatable bonds is 5. The second-order valence-corrected chi connectivity index (χ2v) is 5.49. The minimum atomic E-state index is -0.0775. The van der Waals surface area contributed by atoms with Crippen molar-refractivity contribution in [3.05, 3.63) is 78.6 Å². The lowest BCUT2D eigenvalue weighted by atomic mass is 10.1. The van der Waals surface area contributed by atoms with Crippen LogP contribution in [0.1, 0.15) is 10.4 Å². The molecule has 0 radical (unpaired) electrons. The number of anilines is 1. The lowest BCUT2D eigenvalue weighted by Gasteiger charge is -2.18. The van der Waals surface area contributed by atoms with Crippen LogP contribution in [-0.4, -0.2) is 24.1 Å². The molecule has 3 rings (SSSR count). The summed E-state index contributed by atoms with van der Waals surface area (Å²) in [6, 6.07) is 18.7. The van der Waals surface area contributed by atoms with Crippen LogP contribution in [0.2, 0.25) is 0 Å². The number of amides is 1. The second kappa shape index (κ2) is 7.41. The molecule has 3 aromatic rings. The van der Waals surface area contributed by atoms with Crippen molar-refractivity contribution in [3.8, 4) is 23.8 Å². The average molecular weight is 330 g/mol. The van der Waals surface area contributed by atoms with E-state index in [1.807, 2.05) is 65.5 Å². The van der Waals surface area contributed by atoms with Crippen molar-refractivity contribution in [2.24, 2.45) is 0 Å². The van der Waals surface area contributed by atoms with Gasteiger partial charge < -0.3 is 14.2 Å². The van der Waals surface area contributed by atoms with Crippen LogP contribution in [0.3, 0.4) is 0 Å². The van der Waals surface area contributed by atoms with E-state index in [1.165, 1.54) is 0 Å². The predicted molar refractivity (Wildman–Crippen MR) is 99.3 cm³/mol. The summed E-state index contributed by atoms with van der Waals surface area (Å²) in [6.07, 6.45) is 9.07. The van der Waals surface area contributed by atoms with Crippen LogP contribution in [0.5, 0.6) is 5.75 Å². The Bertz CT molecular complexity index is 890. The van der Waals surface area contributed by atoms with Crippen molar-refractivity contribution in [3.63, 3.8) is 0 Å². The molecule has 4 heteroatoms. The van der Waals surface area contributed by atoms with Gasteiger partial charge in [0.15, 0.2) is 0 Å². The van der Waals surface area contributed by atoms with Gasteiger partial charge in [-0.1, -0.05) is 12.0 Å². The minimum absolute atomic E-state index is 0.0775. The Morgan fingerprint density at radius 2 is 1.84 bits per heavy atom. The predicted octanol–water partition coefficient (Wildman–Crippen LogP) is 3.77. The van der Waals surface area contributed by atoms with Gasteiger partial charge in [-0.3, -0.25) is 4.79 Å². The van der Waals surface area contributed by atoms with E-state index < -0.39 is 0 Å². The Kier molecular flexibility index (Phi) is 4.87. The zero-order valence-corrected chi connectivity index (χ0v) is 13.9. The molecule has 1 aromatic heterocycles. The molecule has 4 nitrogen and oxygen atoms in total. The number of ether oxygens (including phenoxy) is 1. The Labute approximate surface area is 147 Å². The lowest BCUT2D eigenvalue weighted by molar-refractivity contribution is 0.0993. The van der Waals surface area contributed by atoms with Crippen LogP contribution < -0.4 is 9.64 Å². The summed E-state index contributed by atoms with van der Waals surface area (Å²) in [5.74, 6) is 3.02. The van der Waals surface area contributed by atoms with E-state index in [1.54, 1.807) is 24.1 Å². The molecule has 0 N–H and O–H groups in total. The Balaban J connectivity index is 1.78. The molecule has 0 aliphatic carbocycles. The van der Waals surface area contributed by atoms with Crippen LogP contribution in [-0.2, 0) is 0 Å². The van der Waals surface area contributed by atoms with Crippen LogP contribution in [0.25, 0.3) is 5.69 Å². The summed E-state index contributed by atoms with van der Waals surface area (Å²) in [4.78, 5) is 14.4. The highest BCUT2D eigenvalue weighted by Crippen LogP contribution is 2.21. The standard InChI is InChI=1S/C21H18N2O2/c1-3-15-25-20-11-9-18(10-12-20)22(2)21(24)17-7-6-8-19(16-17)23-13-4-5-14-23/h1,4-14,16H,15H2,2H3. The van der Waals surface area contributed by atoms with Crippen molar-refractivity contribution >= 4 is 11.6 Å². The van der Waals surface area contributed by atoms with Gasteiger partial charge in [0, 0.05) is 36.4 Å². The third-order valence-corrected chi connectivity index (χ3v) is 3.85. The average Bonchev–Trinajstić information content (AvgIpc) is 3.20. The highest BCUT2D eigenvalue weighted by molar-refractivity contribution is 6.06. The van der Waals surface area contributed by atoms with Gasteiger partial charge in [0.2, 0.25) is 0 Å². The monoisotopic (exact) mass is 330 g/mol. The maximum absolute atomic E-state index is 12.8. The summed E-state index contributed by atoms with van der Waals surface area (Å²) >= 11 is 0. The molecular formula is C21H18N2O2. The van der Waals surface area contributed by atoms with Gasteiger partial charge in [0.25, 0.3) is 5.91 Å². The van der Waals surface area contributed by atoms with Gasteiger partial charge in [-0.2, -0.15) is 0 Å². The van der Waals surface area contributed by atoms with Gasteiger partial charge in [-0.25, -0.2) is 0 Å². The number of benzene rings is 2. The maximum Gasteiger partial charge on any atom is 0.258 e. The van der Waals surface area contributed by atoms with E-state index in [-0.39, 0.29) is 12.5 Å². The first-order valence-corrected chi connectivity index (χ1v) is 7.87. The Morgan fingerprint density at radius 3 is 2.52 bits per heavy atom. The number of carbonyl (C=O) groups is 1. The van der Waals surface area contributed by atoms with E-state index in [0.29, 0.717) is 11.3 Å². The fourth-order valence-corrected chi connectivity index (χ4v) is 2.51. The zero-order chi connectivity index (χ0) is 17.6. The van der Waals surface area contributed by atoms with Gasteiger partial charge in [-0.15, -0.1) is 6.42 Å². The fraction of sp³-hybridized carbons (Fsp3) is 0.0952. The first kappa shape index (κ1) is 16.4.